The third-order valence-electron chi connectivity index (χ3n) is 2.09. The molecular formula is C12H12ClN3S. The zero-order chi connectivity index (χ0) is 12.3. The maximum atomic E-state index is 5.90. The Morgan fingerprint density at radius 2 is 1.88 bits per heavy atom. The van der Waals surface area contributed by atoms with Gasteiger partial charge in [-0.05, 0) is 32.0 Å². The minimum atomic E-state index is 0.706. The van der Waals surface area contributed by atoms with Gasteiger partial charge < -0.3 is 0 Å². The van der Waals surface area contributed by atoms with Crippen molar-refractivity contribution in [3.8, 4) is 0 Å². The van der Waals surface area contributed by atoms with Crippen molar-refractivity contribution in [1.82, 2.24) is 15.0 Å². The Kier molecular flexibility index (Phi) is 3.97. The highest BCUT2D eigenvalue weighted by atomic mass is 35.5. The smallest absolute Gasteiger partial charge is 0.188 e. The molecule has 2 aromatic rings. The summed E-state index contributed by atoms with van der Waals surface area (Å²) in [7, 11) is 0. The van der Waals surface area contributed by atoms with Gasteiger partial charge in [-0.1, -0.05) is 23.4 Å². The van der Waals surface area contributed by atoms with Gasteiger partial charge in [0.05, 0.1) is 5.69 Å². The van der Waals surface area contributed by atoms with E-state index in [1.54, 1.807) is 24.0 Å². The van der Waals surface area contributed by atoms with Gasteiger partial charge in [0.15, 0.2) is 5.16 Å². The molecule has 0 amide bonds. The Balaban J connectivity index is 2.07. The van der Waals surface area contributed by atoms with E-state index in [2.05, 4.69) is 15.0 Å². The topological polar surface area (TPSA) is 38.7 Å². The summed E-state index contributed by atoms with van der Waals surface area (Å²) in [5, 5.41) is 1.49. The first kappa shape index (κ1) is 12.3. The molecule has 0 spiro atoms. The van der Waals surface area contributed by atoms with Gasteiger partial charge in [-0.15, -0.1) is 0 Å². The lowest BCUT2D eigenvalue weighted by molar-refractivity contribution is 0.901. The van der Waals surface area contributed by atoms with Gasteiger partial charge in [0, 0.05) is 28.4 Å². The van der Waals surface area contributed by atoms with Crippen LogP contribution in [0.1, 0.15) is 17.1 Å². The normalized spacial score (nSPS) is 10.5. The monoisotopic (exact) mass is 265 g/mol. The largest absolute Gasteiger partial charge is 0.260 e. The van der Waals surface area contributed by atoms with Crippen molar-refractivity contribution in [2.75, 3.05) is 0 Å². The summed E-state index contributed by atoms with van der Waals surface area (Å²) < 4.78 is 0. The molecule has 2 aromatic heterocycles. The fourth-order valence-corrected chi connectivity index (χ4v) is 2.46. The van der Waals surface area contributed by atoms with Crippen molar-refractivity contribution >= 4 is 23.4 Å². The van der Waals surface area contributed by atoms with Crippen molar-refractivity contribution in [1.29, 1.82) is 0 Å². The van der Waals surface area contributed by atoms with Crippen LogP contribution < -0.4 is 0 Å². The third-order valence-corrected chi connectivity index (χ3v) is 3.21. The second-order valence-electron chi connectivity index (χ2n) is 3.69. The summed E-state index contributed by atoms with van der Waals surface area (Å²) >= 11 is 7.46. The average Bonchev–Trinajstić information content (AvgIpc) is 2.25. The Hall–Kier alpha value is -1.13. The Morgan fingerprint density at radius 1 is 1.18 bits per heavy atom. The molecule has 88 valence electrons. The molecule has 5 heteroatoms. The van der Waals surface area contributed by atoms with Crippen molar-refractivity contribution in [3.63, 3.8) is 0 Å². The Bertz CT molecular complexity index is 511. The third kappa shape index (κ3) is 3.68. The van der Waals surface area contributed by atoms with E-state index in [9.17, 15) is 0 Å². The fourth-order valence-electron chi connectivity index (χ4n) is 1.42. The van der Waals surface area contributed by atoms with Crippen molar-refractivity contribution in [3.05, 3.63) is 46.5 Å². The highest BCUT2D eigenvalue weighted by Gasteiger charge is 2.02. The number of halogens is 1. The maximum absolute atomic E-state index is 5.90. The minimum Gasteiger partial charge on any atom is -0.260 e. The Labute approximate surface area is 110 Å². The molecule has 0 saturated carbocycles. The lowest BCUT2D eigenvalue weighted by Gasteiger charge is -2.03. The summed E-state index contributed by atoms with van der Waals surface area (Å²) in [6.07, 6.45) is 1.71. The van der Waals surface area contributed by atoms with Gasteiger partial charge in [-0.3, -0.25) is 4.98 Å². The lowest BCUT2D eigenvalue weighted by Crippen LogP contribution is -1.94. The molecule has 0 unspecified atom stereocenters. The van der Waals surface area contributed by atoms with Crippen LogP contribution in [0.3, 0.4) is 0 Å². The lowest BCUT2D eigenvalue weighted by atomic mass is 10.4. The van der Waals surface area contributed by atoms with Crippen LogP contribution in [0.5, 0.6) is 0 Å². The first-order valence-electron chi connectivity index (χ1n) is 5.19. The van der Waals surface area contributed by atoms with E-state index >= 15 is 0 Å². The standard InChI is InChI=1S/C12H12ClN3S/c1-8-5-9(2)16-12(15-8)17-7-11-6-10(13)3-4-14-11/h3-6H,7H2,1-2H3. The van der Waals surface area contributed by atoms with E-state index < -0.39 is 0 Å². The molecule has 0 atom stereocenters. The summed E-state index contributed by atoms with van der Waals surface area (Å²) in [5.41, 5.74) is 2.91. The Morgan fingerprint density at radius 3 is 2.53 bits per heavy atom. The molecule has 0 aromatic carbocycles. The van der Waals surface area contributed by atoms with Crippen LogP contribution in [-0.2, 0) is 5.75 Å². The zero-order valence-electron chi connectivity index (χ0n) is 9.64. The molecule has 0 fully saturated rings. The maximum Gasteiger partial charge on any atom is 0.188 e. The average molecular weight is 266 g/mol. The van der Waals surface area contributed by atoms with Gasteiger partial charge in [0.1, 0.15) is 0 Å². The number of aryl methyl sites for hydroxylation is 2. The molecule has 0 aliphatic heterocycles. The number of nitrogens with zero attached hydrogens (tertiary/aromatic N) is 3. The van der Waals surface area contributed by atoms with E-state index in [0.717, 1.165) is 28.0 Å². The molecular weight excluding hydrogens is 254 g/mol. The van der Waals surface area contributed by atoms with E-state index in [-0.39, 0.29) is 0 Å². The van der Waals surface area contributed by atoms with Crippen molar-refractivity contribution < 1.29 is 0 Å². The quantitative estimate of drug-likeness (QED) is 0.630. The van der Waals surface area contributed by atoms with Gasteiger partial charge >= 0.3 is 0 Å². The SMILES string of the molecule is Cc1cc(C)nc(SCc2cc(Cl)ccn2)n1. The van der Waals surface area contributed by atoms with Crippen LogP contribution in [0, 0.1) is 13.8 Å². The molecule has 0 bridgehead atoms. The second-order valence-corrected chi connectivity index (χ2v) is 5.07. The molecule has 3 nitrogen and oxygen atoms in total. The van der Waals surface area contributed by atoms with Gasteiger partial charge in [0.2, 0.25) is 0 Å². The first-order chi connectivity index (χ1) is 8.13. The number of aromatic nitrogens is 3. The van der Waals surface area contributed by atoms with Crippen molar-refractivity contribution in [2.24, 2.45) is 0 Å². The molecule has 0 aliphatic rings. The molecule has 2 rings (SSSR count). The number of rotatable bonds is 3. The van der Waals surface area contributed by atoms with Gasteiger partial charge in [0.25, 0.3) is 0 Å². The number of thioether (sulfide) groups is 1. The highest BCUT2D eigenvalue weighted by molar-refractivity contribution is 7.98. The molecule has 0 aliphatic carbocycles. The van der Waals surface area contributed by atoms with Gasteiger partial charge in [-0.2, -0.15) is 0 Å². The van der Waals surface area contributed by atoms with Crippen LogP contribution in [-0.4, -0.2) is 15.0 Å². The first-order valence-corrected chi connectivity index (χ1v) is 6.55. The zero-order valence-corrected chi connectivity index (χ0v) is 11.2. The number of pyridine rings is 1. The summed E-state index contributed by atoms with van der Waals surface area (Å²) in [5.74, 6) is 0.726. The molecule has 2 heterocycles. The number of hydrogen-bond donors (Lipinski definition) is 0. The van der Waals surface area contributed by atoms with Crippen LogP contribution in [0.4, 0.5) is 0 Å². The van der Waals surface area contributed by atoms with Crippen LogP contribution in [0.15, 0.2) is 29.6 Å². The van der Waals surface area contributed by atoms with Crippen molar-refractivity contribution in [2.45, 2.75) is 24.8 Å². The van der Waals surface area contributed by atoms with Gasteiger partial charge in [-0.25, -0.2) is 9.97 Å². The molecule has 0 saturated heterocycles. The summed E-state index contributed by atoms with van der Waals surface area (Å²) in [6, 6.07) is 5.59. The summed E-state index contributed by atoms with van der Waals surface area (Å²) in [4.78, 5) is 13.0. The van der Waals surface area contributed by atoms with Crippen LogP contribution in [0.25, 0.3) is 0 Å². The highest BCUT2D eigenvalue weighted by Crippen LogP contribution is 2.20. The fraction of sp³-hybridized carbons (Fsp3) is 0.250. The summed E-state index contributed by atoms with van der Waals surface area (Å²) in [6.45, 7) is 3.94. The minimum absolute atomic E-state index is 0.706. The predicted octanol–water partition coefficient (Wildman–Crippen LogP) is 3.43. The van der Waals surface area contributed by atoms with E-state index in [1.165, 1.54) is 0 Å². The molecule has 17 heavy (non-hydrogen) atoms. The van der Waals surface area contributed by atoms with Crippen LogP contribution >= 0.6 is 23.4 Å². The predicted molar refractivity (Wildman–Crippen MR) is 70.3 cm³/mol. The molecule has 0 N–H and O–H groups in total. The van der Waals surface area contributed by atoms with E-state index in [4.69, 9.17) is 11.6 Å². The second kappa shape index (κ2) is 5.47. The van der Waals surface area contributed by atoms with E-state index in [0.29, 0.717) is 5.02 Å². The van der Waals surface area contributed by atoms with Crippen LogP contribution in [0.2, 0.25) is 5.02 Å². The molecule has 0 radical (unpaired) electrons. The number of hydrogen-bond acceptors (Lipinski definition) is 4. The van der Waals surface area contributed by atoms with E-state index in [1.807, 2.05) is 26.0 Å².